The third kappa shape index (κ3) is 1.82. The molecule has 1 N–H and O–H groups in total. The Morgan fingerprint density at radius 2 is 1.94 bits per heavy atom. The minimum atomic E-state index is 0.463. The van der Waals surface area contributed by atoms with E-state index in [9.17, 15) is 5.11 Å². The van der Waals surface area contributed by atoms with Gasteiger partial charge in [-0.25, -0.2) is 0 Å². The van der Waals surface area contributed by atoms with Crippen LogP contribution in [0.2, 0.25) is 0 Å². The van der Waals surface area contributed by atoms with Crippen molar-refractivity contribution in [3.63, 3.8) is 0 Å². The molecule has 3 aliphatic rings. The predicted octanol–water partition coefficient (Wildman–Crippen LogP) is 2.42. The predicted molar refractivity (Wildman–Crippen MR) is 64.5 cm³/mol. The largest absolute Gasteiger partial charge is 0.508 e. The lowest BCUT2D eigenvalue weighted by molar-refractivity contribution is 0.0496. The molecule has 2 heteroatoms. The van der Waals surface area contributed by atoms with Gasteiger partial charge in [0.1, 0.15) is 5.75 Å². The van der Waals surface area contributed by atoms with Crippen molar-refractivity contribution in [2.75, 3.05) is 13.1 Å². The summed E-state index contributed by atoms with van der Waals surface area (Å²) in [6, 6.07) is 8.43. The minimum absolute atomic E-state index is 0.463. The zero-order valence-electron chi connectivity index (χ0n) is 9.60. The zero-order chi connectivity index (χ0) is 11.0. The number of benzene rings is 1. The van der Waals surface area contributed by atoms with Gasteiger partial charge in [-0.1, -0.05) is 18.2 Å². The van der Waals surface area contributed by atoms with Crippen LogP contribution in [0.1, 0.15) is 24.8 Å². The summed E-state index contributed by atoms with van der Waals surface area (Å²) in [5.41, 5.74) is 1.11. The number of fused-ring (bicyclic) bond motifs is 3. The van der Waals surface area contributed by atoms with E-state index in [0.717, 1.165) is 17.9 Å². The van der Waals surface area contributed by atoms with Crippen LogP contribution in [-0.2, 0) is 6.42 Å². The summed E-state index contributed by atoms with van der Waals surface area (Å²) >= 11 is 0. The van der Waals surface area contributed by atoms with E-state index < -0.39 is 0 Å². The van der Waals surface area contributed by atoms with Crippen LogP contribution >= 0.6 is 0 Å². The Morgan fingerprint density at radius 3 is 2.56 bits per heavy atom. The van der Waals surface area contributed by atoms with E-state index in [1.807, 2.05) is 12.1 Å². The molecular formula is C14H19NO. The molecule has 0 saturated carbocycles. The Labute approximate surface area is 96.9 Å². The van der Waals surface area contributed by atoms with Crippen molar-refractivity contribution in [2.24, 2.45) is 5.92 Å². The van der Waals surface area contributed by atoms with Crippen LogP contribution in [0.5, 0.6) is 5.75 Å². The van der Waals surface area contributed by atoms with Gasteiger partial charge in [0.05, 0.1) is 0 Å². The molecule has 1 aromatic carbocycles. The number of hydrogen-bond donors (Lipinski definition) is 1. The molecule has 0 aromatic heterocycles. The van der Waals surface area contributed by atoms with Gasteiger partial charge in [0.2, 0.25) is 0 Å². The third-order valence-electron chi connectivity index (χ3n) is 4.22. The zero-order valence-corrected chi connectivity index (χ0v) is 9.60. The smallest absolute Gasteiger partial charge is 0.118 e. The number of phenolic OH excluding ortho intramolecular Hbond substituents is 1. The quantitative estimate of drug-likeness (QED) is 0.822. The normalized spacial score (nSPS) is 32.9. The van der Waals surface area contributed by atoms with Gasteiger partial charge in [-0.3, -0.25) is 0 Å². The minimum Gasteiger partial charge on any atom is -0.508 e. The maximum absolute atomic E-state index is 9.79. The van der Waals surface area contributed by atoms with Gasteiger partial charge in [0.15, 0.2) is 0 Å². The van der Waals surface area contributed by atoms with Crippen LogP contribution in [0.25, 0.3) is 0 Å². The average Bonchev–Trinajstić information content (AvgIpc) is 2.34. The highest BCUT2D eigenvalue weighted by Crippen LogP contribution is 2.34. The molecule has 3 saturated heterocycles. The van der Waals surface area contributed by atoms with Crippen molar-refractivity contribution < 1.29 is 5.11 Å². The summed E-state index contributed by atoms with van der Waals surface area (Å²) in [4.78, 5) is 2.60. The number of hydrogen-bond acceptors (Lipinski definition) is 2. The molecular weight excluding hydrogens is 198 g/mol. The number of rotatable bonds is 2. The second-order valence-electron chi connectivity index (χ2n) is 5.20. The molecule has 0 spiro atoms. The molecule has 1 unspecified atom stereocenters. The van der Waals surface area contributed by atoms with Crippen LogP contribution < -0.4 is 0 Å². The highest BCUT2D eigenvalue weighted by atomic mass is 16.3. The standard InChI is InChI=1S/C14H19NO/c16-14-4-2-1-3-12(14)10-13-9-11-5-7-15(13)8-6-11/h1-4,11,13,16H,5-10H2. The Morgan fingerprint density at radius 1 is 1.19 bits per heavy atom. The molecule has 2 nitrogen and oxygen atoms in total. The van der Waals surface area contributed by atoms with Gasteiger partial charge in [-0.2, -0.15) is 0 Å². The Balaban J connectivity index is 1.73. The van der Waals surface area contributed by atoms with E-state index in [-0.39, 0.29) is 0 Å². The molecule has 86 valence electrons. The second-order valence-corrected chi connectivity index (χ2v) is 5.20. The lowest BCUT2D eigenvalue weighted by Crippen LogP contribution is -2.49. The summed E-state index contributed by atoms with van der Waals surface area (Å²) in [5, 5.41) is 9.79. The third-order valence-corrected chi connectivity index (χ3v) is 4.22. The molecule has 16 heavy (non-hydrogen) atoms. The highest BCUT2D eigenvalue weighted by molar-refractivity contribution is 5.32. The van der Waals surface area contributed by atoms with Gasteiger partial charge in [-0.05, 0) is 56.3 Å². The molecule has 0 aliphatic carbocycles. The van der Waals surface area contributed by atoms with Crippen LogP contribution in [0.3, 0.4) is 0 Å². The first-order valence-electron chi connectivity index (χ1n) is 6.34. The molecule has 4 rings (SSSR count). The van der Waals surface area contributed by atoms with Crippen LogP contribution in [0.15, 0.2) is 24.3 Å². The van der Waals surface area contributed by atoms with E-state index >= 15 is 0 Å². The molecule has 1 aromatic rings. The summed E-state index contributed by atoms with van der Waals surface area (Å²) in [6.45, 7) is 2.53. The van der Waals surface area contributed by atoms with E-state index in [1.165, 1.54) is 32.4 Å². The SMILES string of the molecule is Oc1ccccc1CC1CC2CCN1CC2. The van der Waals surface area contributed by atoms with Crippen molar-refractivity contribution >= 4 is 0 Å². The topological polar surface area (TPSA) is 23.5 Å². The number of para-hydroxylation sites is 1. The Hall–Kier alpha value is -1.02. The molecule has 3 fully saturated rings. The molecule has 3 heterocycles. The van der Waals surface area contributed by atoms with Crippen LogP contribution in [-0.4, -0.2) is 29.1 Å². The summed E-state index contributed by atoms with van der Waals surface area (Å²) in [7, 11) is 0. The fourth-order valence-electron chi connectivity index (χ4n) is 3.24. The number of nitrogens with zero attached hydrogens (tertiary/aromatic N) is 1. The Bertz CT molecular complexity index is 369. The van der Waals surface area contributed by atoms with Crippen molar-refractivity contribution in [1.82, 2.24) is 4.90 Å². The van der Waals surface area contributed by atoms with E-state index in [4.69, 9.17) is 0 Å². The monoisotopic (exact) mass is 217 g/mol. The number of piperidine rings is 3. The van der Waals surface area contributed by atoms with Gasteiger partial charge in [-0.15, -0.1) is 0 Å². The lowest BCUT2D eigenvalue weighted by Gasteiger charge is -2.45. The lowest BCUT2D eigenvalue weighted by atomic mass is 9.81. The average molecular weight is 217 g/mol. The van der Waals surface area contributed by atoms with Crippen molar-refractivity contribution in [1.29, 1.82) is 0 Å². The fraction of sp³-hybridized carbons (Fsp3) is 0.571. The van der Waals surface area contributed by atoms with Gasteiger partial charge < -0.3 is 10.0 Å². The maximum Gasteiger partial charge on any atom is 0.118 e. The fourth-order valence-corrected chi connectivity index (χ4v) is 3.24. The summed E-state index contributed by atoms with van der Waals surface area (Å²) in [6.07, 6.45) is 5.12. The van der Waals surface area contributed by atoms with Crippen molar-refractivity contribution in [3.8, 4) is 5.75 Å². The maximum atomic E-state index is 9.79. The van der Waals surface area contributed by atoms with Crippen molar-refractivity contribution in [3.05, 3.63) is 29.8 Å². The Kier molecular flexibility index (Phi) is 2.60. The molecule has 0 radical (unpaired) electrons. The first kappa shape index (κ1) is 10.2. The molecule has 0 amide bonds. The summed E-state index contributed by atoms with van der Waals surface area (Å²) < 4.78 is 0. The second kappa shape index (κ2) is 4.10. The first-order chi connectivity index (χ1) is 7.83. The van der Waals surface area contributed by atoms with E-state index in [0.29, 0.717) is 11.8 Å². The highest BCUT2D eigenvalue weighted by Gasteiger charge is 2.33. The summed E-state index contributed by atoms with van der Waals surface area (Å²) in [5.74, 6) is 1.41. The number of phenols is 1. The molecule has 2 bridgehead atoms. The van der Waals surface area contributed by atoms with E-state index in [2.05, 4.69) is 11.0 Å². The number of aromatic hydroxyl groups is 1. The van der Waals surface area contributed by atoms with Crippen molar-refractivity contribution in [2.45, 2.75) is 31.7 Å². The van der Waals surface area contributed by atoms with Gasteiger partial charge in [0, 0.05) is 6.04 Å². The molecule has 1 atom stereocenters. The molecule has 3 aliphatic heterocycles. The van der Waals surface area contributed by atoms with Gasteiger partial charge in [0.25, 0.3) is 0 Å². The van der Waals surface area contributed by atoms with Crippen LogP contribution in [0.4, 0.5) is 0 Å². The van der Waals surface area contributed by atoms with E-state index in [1.54, 1.807) is 6.07 Å². The first-order valence-corrected chi connectivity index (χ1v) is 6.34. The van der Waals surface area contributed by atoms with Gasteiger partial charge >= 0.3 is 0 Å². The van der Waals surface area contributed by atoms with Crippen LogP contribution in [0, 0.1) is 5.92 Å².